The number of amides is 1. The van der Waals surface area contributed by atoms with Crippen LogP contribution in [-0.2, 0) is 20.9 Å². The molecule has 0 aromatic carbocycles. The standard InChI is InChI=1S/C14H15N3O5S/c18-11(17-2-3-22-7-9(17)5-12(19)20)6-16-8-15-13-10(14(16)21)1-4-23-13/h1,4,8-9H,2-3,5-7H2,(H,19,20). The van der Waals surface area contributed by atoms with Crippen LogP contribution in [0.1, 0.15) is 6.42 Å². The van der Waals surface area contributed by atoms with Crippen molar-refractivity contribution < 1.29 is 19.4 Å². The zero-order valence-corrected chi connectivity index (χ0v) is 13.0. The number of hydrogen-bond donors (Lipinski definition) is 1. The van der Waals surface area contributed by atoms with Gasteiger partial charge in [-0.05, 0) is 11.4 Å². The van der Waals surface area contributed by atoms with E-state index in [2.05, 4.69) is 4.98 Å². The molecule has 1 unspecified atom stereocenters. The fourth-order valence-electron chi connectivity index (χ4n) is 2.60. The van der Waals surface area contributed by atoms with Crippen molar-refractivity contribution in [2.75, 3.05) is 19.8 Å². The van der Waals surface area contributed by atoms with Crippen LogP contribution in [0.4, 0.5) is 0 Å². The molecule has 2 aromatic heterocycles. The highest BCUT2D eigenvalue weighted by atomic mass is 32.1. The highest BCUT2D eigenvalue weighted by molar-refractivity contribution is 7.16. The van der Waals surface area contributed by atoms with E-state index in [1.807, 2.05) is 0 Å². The molecular weight excluding hydrogens is 322 g/mol. The van der Waals surface area contributed by atoms with E-state index >= 15 is 0 Å². The topological polar surface area (TPSA) is 102 Å². The summed E-state index contributed by atoms with van der Waals surface area (Å²) in [5.41, 5.74) is -0.271. The average molecular weight is 337 g/mol. The highest BCUT2D eigenvalue weighted by Crippen LogP contribution is 2.14. The SMILES string of the molecule is O=C(O)CC1COCCN1C(=O)Cn1cnc2sccc2c1=O. The molecule has 23 heavy (non-hydrogen) atoms. The normalized spacial score (nSPS) is 18.3. The van der Waals surface area contributed by atoms with E-state index in [4.69, 9.17) is 9.84 Å². The Morgan fingerprint density at radius 2 is 2.30 bits per heavy atom. The zero-order valence-electron chi connectivity index (χ0n) is 12.2. The molecule has 1 aliphatic heterocycles. The molecule has 0 aliphatic carbocycles. The molecule has 1 aliphatic rings. The van der Waals surface area contributed by atoms with E-state index in [-0.39, 0.29) is 31.0 Å². The first-order valence-corrected chi connectivity index (χ1v) is 7.96. The van der Waals surface area contributed by atoms with Crippen LogP contribution in [0, 0.1) is 0 Å². The Morgan fingerprint density at radius 3 is 3.09 bits per heavy atom. The third-order valence-electron chi connectivity index (χ3n) is 3.71. The van der Waals surface area contributed by atoms with Crippen LogP contribution in [0.5, 0.6) is 0 Å². The molecule has 1 amide bonds. The van der Waals surface area contributed by atoms with E-state index in [9.17, 15) is 14.4 Å². The number of morpholine rings is 1. The first-order chi connectivity index (χ1) is 11.1. The molecule has 8 nitrogen and oxygen atoms in total. The first kappa shape index (κ1) is 15.6. The second kappa shape index (κ2) is 6.47. The molecule has 1 N–H and O–H groups in total. The number of rotatable bonds is 4. The van der Waals surface area contributed by atoms with Crippen LogP contribution in [0.15, 0.2) is 22.6 Å². The van der Waals surface area contributed by atoms with Gasteiger partial charge in [0, 0.05) is 6.54 Å². The average Bonchev–Trinajstić information content (AvgIpc) is 2.99. The number of aliphatic carboxylic acids is 1. The molecule has 0 saturated carbocycles. The number of carboxylic acid groups (broad SMARTS) is 1. The van der Waals surface area contributed by atoms with Crippen molar-refractivity contribution >= 4 is 33.4 Å². The Balaban J connectivity index is 1.80. The van der Waals surface area contributed by atoms with E-state index in [0.717, 1.165) is 0 Å². The summed E-state index contributed by atoms with van der Waals surface area (Å²) in [6.07, 6.45) is 1.17. The summed E-state index contributed by atoms with van der Waals surface area (Å²) in [6.45, 7) is 0.709. The van der Waals surface area contributed by atoms with E-state index in [0.29, 0.717) is 23.4 Å². The van der Waals surface area contributed by atoms with Crippen LogP contribution >= 0.6 is 11.3 Å². The maximum Gasteiger partial charge on any atom is 0.305 e. The highest BCUT2D eigenvalue weighted by Gasteiger charge is 2.29. The summed E-state index contributed by atoms with van der Waals surface area (Å²) < 4.78 is 6.50. The van der Waals surface area contributed by atoms with Crippen molar-refractivity contribution in [3.8, 4) is 0 Å². The summed E-state index contributed by atoms with van der Waals surface area (Å²) in [6, 6.07) is 1.17. The maximum atomic E-state index is 12.5. The van der Waals surface area contributed by atoms with E-state index < -0.39 is 12.0 Å². The Morgan fingerprint density at radius 1 is 1.48 bits per heavy atom. The number of carbonyl (C=O) groups is 2. The Kier molecular flexibility index (Phi) is 4.39. The quantitative estimate of drug-likeness (QED) is 0.853. The van der Waals surface area contributed by atoms with Crippen molar-refractivity contribution in [2.45, 2.75) is 19.0 Å². The number of thiophene rings is 1. The van der Waals surface area contributed by atoms with Gasteiger partial charge in [0.2, 0.25) is 5.91 Å². The van der Waals surface area contributed by atoms with Crippen LogP contribution in [-0.4, -0.2) is 57.2 Å². The van der Waals surface area contributed by atoms with Crippen LogP contribution in [0.2, 0.25) is 0 Å². The first-order valence-electron chi connectivity index (χ1n) is 7.08. The predicted octanol–water partition coefficient (Wildman–Crippen LogP) is 0.160. The number of carboxylic acids is 1. The van der Waals surface area contributed by atoms with Crippen molar-refractivity contribution in [3.63, 3.8) is 0 Å². The summed E-state index contributed by atoms with van der Waals surface area (Å²) in [5.74, 6) is -1.30. The molecule has 0 radical (unpaired) electrons. The van der Waals surface area contributed by atoms with Gasteiger partial charge in [0.1, 0.15) is 11.4 Å². The molecule has 122 valence electrons. The zero-order chi connectivity index (χ0) is 16.4. The lowest BCUT2D eigenvalue weighted by Gasteiger charge is -2.34. The third-order valence-corrected chi connectivity index (χ3v) is 4.53. The Bertz CT molecular complexity index is 799. The van der Waals surface area contributed by atoms with Crippen molar-refractivity contribution in [1.29, 1.82) is 0 Å². The minimum absolute atomic E-state index is 0.159. The molecule has 0 bridgehead atoms. The van der Waals surface area contributed by atoms with Gasteiger partial charge in [0.15, 0.2) is 0 Å². The van der Waals surface area contributed by atoms with Crippen molar-refractivity contribution in [1.82, 2.24) is 14.5 Å². The summed E-state index contributed by atoms with van der Waals surface area (Å²) in [5, 5.41) is 11.2. The molecular formula is C14H15N3O5S. The number of hydrogen-bond acceptors (Lipinski definition) is 6. The minimum atomic E-state index is -0.989. The van der Waals surface area contributed by atoms with Crippen LogP contribution in [0.25, 0.3) is 10.2 Å². The number of aromatic nitrogens is 2. The predicted molar refractivity (Wildman–Crippen MR) is 82.5 cm³/mol. The van der Waals surface area contributed by atoms with E-state index in [1.54, 1.807) is 11.4 Å². The van der Waals surface area contributed by atoms with E-state index in [1.165, 1.54) is 27.1 Å². The third kappa shape index (κ3) is 3.25. The lowest BCUT2D eigenvalue weighted by molar-refractivity contribution is -0.146. The molecule has 9 heteroatoms. The lowest BCUT2D eigenvalue weighted by atomic mass is 10.1. The molecule has 3 heterocycles. The minimum Gasteiger partial charge on any atom is -0.481 e. The van der Waals surface area contributed by atoms with Gasteiger partial charge in [-0.15, -0.1) is 11.3 Å². The lowest BCUT2D eigenvalue weighted by Crippen LogP contribution is -2.51. The van der Waals surface area contributed by atoms with Gasteiger partial charge in [0.05, 0.1) is 37.4 Å². The molecule has 0 spiro atoms. The molecule has 1 atom stereocenters. The van der Waals surface area contributed by atoms with Crippen LogP contribution in [0.3, 0.4) is 0 Å². The largest absolute Gasteiger partial charge is 0.481 e. The Labute approximate surface area is 134 Å². The Hall–Kier alpha value is -2.26. The smallest absolute Gasteiger partial charge is 0.305 e. The number of carbonyl (C=O) groups excluding carboxylic acids is 1. The van der Waals surface area contributed by atoms with Gasteiger partial charge >= 0.3 is 5.97 Å². The molecule has 1 saturated heterocycles. The van der Waals surface area contributed by atoms with Crippen LogP contribution < -0.4 is 5.56 Å². The molecule has 3 rings (SSSR count). The van der Waals surface area contributed by atoms with Crippen molar-refractivity contribution in [3.05, 3.63) is 28.1 Å². The summed E-state index contributed by atoms with van der Waals surface area (Å²) in [7, 11) is 0. The van der Waals surface area contributed by atoms with Gasteiger partial charge in [-0.2, -0.15) is 0 Å². The summed E-state index contributed by atoms with van der Waals surface area (Å²) in [4.78, 5) is 42.0. The maximum absolute atomic E-state index is 12.5. The number of ether oxygens (including phenoxy) is 1. The fourth-order valence-corrected chi connectivity index (χ4v) is 3.32. The second-order valence-electron chi connectivity index (χ2n) is 5.23. The fraction of sp³-hybridized carbons (Fsp3) is 0.429. The summed E-state index contributed by atoms with van der Waals surface area (Å²) >= 11 is 1.36. The monoisotopic (exact) mass is 337 g/mol. The van der Waals surface area contributed by atoms with Gasteiger partial charge in [0.25, 0.3) is 5.56 Å². The number of fused-ring (bicyclic) bond motifs is 1. The van der Waals surface area contributed by atoms with Gasteiger partial charge in [-0.25, -0.2) is 4.98 Å². The van der Waals surface area contributed by atoms with Crippen molar-refractivity contribution in [2.24, 2.45) is 0 Å². The second-order valence-corrected chi connectivity index (χ2v) is 6.13. The number of nitrogens with zero attached hydrogens (tertiary/aromatic N) is 3. The molecule has 2 aromatic rings. The van der Waals surface area contributed by atoms with Gasteiger partial charge in [-0.1, -0.05) is 0 Å². The molecule has 1 fully saturated rings. The van der Waals surface area contributed by atoms with Gasteiger partial charge < -0.3 is 14.7 Å². The van der Waals surface area contributed by atoms with Gasteiger partial charge in [-0.3, -0.25) is 19.0 Å².